The summed E-state index contributed by atoms with van der Waals surface area (Å²) in [5.41, 5.74) is 2.30. The van der Waals surface area contributed by atoms with Crippen LogP contribution >= 0.6 is 11.6 Å². The van der Waals surface area contributed by atoms with Crippen LogP contribution in [-0.2, 0) is 6.18 Å². The van der Waals surface area contributed by atoms with Gasteiger partial charge in [0, 0.05) is 6.20 Å². The summed E-state index contributed by atoms with van der Waals surface area (Å²) in [5.74, 6) is 1.29. The molecule has 0 saturated carbocycles. The number of ether oxygens (including phenoxy) is 2. The molecule has 1 N–H and O–H groups in total. The Morgan fingerprint density at radius 1 is 1.17 bits per heavy atom. The fourth-order valence-electron chi connectivity index (χ4n) is 1.98. The molecule has 1 aromatic carbocycles. The van der Waals surface area contributed by atoms with Crippen molar-refractivity contribution in [1.29, 1.82) is 0 Å². The van der Waals surface area contributed by atoms with E-state index in [1.807, 2.05) is 0 Å². The molecule has 0 fully saturated rings. The Balaban J connectivity index is 1.70. The maximum atomic E-state index is 12.5. The third kappa shape index (κ3) is 3.70. The predicted molar refractivity (Wildman–Crippen MR) is 82.9 cm³/mol. The highest BCUT2D eigenvalue weighted by atomic mass is 35.5. The van der Waals surface area contributed by atoms with E-state index in [0.717, 1.165) is 11.6 Å². The van der Waals surface area contributed by atoms with Crippen molar-refractivity contribution in [3.05, 3.63) is 46.6 Å². The Morgan fingerprint density at radius 3 is 2.62 bits per heavy atom. The average molecular weight is 358 g/mol. The van der Waals surface area contributed by atoms with Crippen LogP contribution in [0.25, 0.3) is 0 Å². The van der Waals surface area contributed by atoms with Crippen LogP contribution in [0.4, 0.5) is 19.0 Å². The van der Waals surface area contributed by atoms with Gasteiger partial charge in [-0.05, 0) is 29.8 Å². The van der Waals surface area contributed by atoms with Gasteiger partial charge in [0.15, 0.2) is 17.3 Å². The Hall–Kier alpha value is -2.48. The van der Waals surface area contributed by atoms with Crippen LogP contribution in [0.5, 0.6) is 11.5 Å². The number of hydrazone groups is 1. The number of hydrogen-bond donors (Lipinski definition) is 1. The van der Waals surface area contributed by atoms with Crippen molar-refractivity contribution in [3.8, 4) is 11.5 Å². The Bertz CT molecular complexity index is 781. The first-order valence-electron chi connectivity index (χ1n) is 6.85. The first-order chi connectivity index (χ1) is 11.4. The van der Waals surface area contributed by atoms with Gasteiger partial charge in [0.25, 0.3) is 0 Å². The molecule has 0 amide bonds. The van der Waals surface area contributed by atoms with Gasteiger partial charge in [-0.1, -0.05) is 11.6 Å². The number of nitrogens with one attached hydrogen (secondary N) is 1. The molecule has 0 aliphatic carbocycles. The summed E-state index contributed by atoms with van der Waals surface area (Å²) in [6.07, 6.45) is -2.34. The van der Waals surface area contributed by atoms with Crippen LogP contribution in [0.3, 0.4) is 0 Å². The van der Waals surface area contributed by atoms with Crippen LogP contribution in [0.1, 0.15) is 11.1 Å². The summed E-state index contributed by atoms with van der Waals surface area (Å²) in [6, 6.07) is 6.04. The van der Waals surface area contributed by atoms with Crippen molar-refractivity contribution >= 4 is 23.6 Å². The molecular weight excluding hydrogens is 347 g/mol. The zero-order valence-corrected chi connectivity index (χ0v) is 12.9. The van der Waals surface area contributed by atoms with Gasteiger partial charge in [-0.2, -0.15) is 18.3 Å². The van der Waals surface area contributed by atoms with E-state index in [0.29, 0.717) is 30.9 Å². The fourth-order valence-corrected chi connectivity index (χ4v) is 2.19. The summed E-state index contributed by atoms with van der Waals surface area (Å²) < 4.78 is 48.5. The molecule has 126 valence electrons. The number of benzene rings is 1. The molecule has 0 radical (unpaired) electrons. The first kappa shape index (κ1) is 16.4. The summed E-state index contributed by atoms with van der Waals surface area (Å²) in [7, 11) is 0. The minimum atomic E-state index is -4.50. The molecule has 2 heterocycles. The van der Waals surface area contributed by atoms with Gasteiger partial charge in [0.05, 0.1) is 16.8 Å². The van der Waals surface area contributed by atoms with Gasteiger partial charge >= 0.3 is 6.18 Å². The van der Waals surface area contributed by atoms with E-state index in [1.54, 1.807) is 18.2 Å². The van der Waals surface area contributed by atoms with Gasteiger partial charge in [-0.15, -0.1) is 0 Å². The topological polar surface area (TPSA) is 55.7 Å². The van der Waals surface area contributed by atoms with Crippen molar-refractivity contribution in [3.63, 3.8) is 0 Å². The zero-order valence-electron chi connectivity index (χ0n) is 12.1. The van der Waals surface area contributed by atoms with Crippen molar-refractivity contribution in [1.82, 2.24) is 4.98 Å². The number of halogens is 4. The minimum Gasteiger partial charge on any atom is -0.486 e. The molecular formula is C15H11ClF3N3O2. The molecule has 0 bridgehead atoms. The summed E-state index contributed by atoms with van der Waals surface area (Å²) in [6.45, 7) is 0.969. The molecule has 0 saturated heterocycles. The number of nitrogens with zero attached hydrogens (tertiary/aromatic N) is 2. The number of alkyl halides is 3. The largest absolute Gasteiger partial charge is 0.486 e. The normalized spacial score (nSPS) is 14.0. The first-order valence-corrected chi connectivity index (χ1v) is 7.23. The van der Waals surface area contributed by atoms with Crippen molar-refractivity contribution in [2.24, 2.45) is 5.10 Å². The van der Waals surface area contributed by atoms with Crippen molar-refractivity contribution in [2.45, 2.75) is 6.18 Å². The average Bonchev–Trinajstić information content (AvgIpc) is 2.55. The Labute approximate surface area is 140 Å². The number of fused-ring (bicyclic) bond motifs is 1. The molecule has 5 nitrogen and oxygen atoms in total. The van der Waals surface area contributed by atoms with Gasteiger partial charge < -0.3 is 9.47 Å². The zero-order chi connectivity index (χ0) is 17.2. The number of hydrogen-bond acceptors (Lipinski definition) is 5. The van der Waals surface area contributed by atoms with Gasteiger partial charge in [-0.25, -0.2) is 4.98 Å². The number of pyridine rings is 1. The molecule has 2 aromatic rings. The van der Waals surface area contributed by atoms with E-state index < -0.39 is 11.7 Å². The van der Waals surface area contributed by atoms with Gasteiger partial charge in [-0.3, -0.25) is 5.43 Å². The molecule has 1 aliphatic rings. The highest BCUT2D eigenvalue weighted by Crippen LogP contribution is 2.32. The lowest BCUT2D eigenvalue weighted by atomic mass is 10.2. The van der Waals surface area contributed by atoms with E-state index in [2.05, 4.69) is 15.5 Å². The van der Waals surface area contributed by atoms with Crippen molar-refractivity contribution in [2.75, 3.05) is 18.6 Å². The lowest BCUT2D eigenvalue weighted by Gasteiger charge is -2.18. The number of anilines is 1. The van der Waals surface area contributed by atoms with E-state index in [9.17, 15) is 13.2 Å². The van der Waals surface area contributed by atoms with E-state index in [1.165, 1.54) is 6.21 Å². The molecule has 0 unspecified atom stereocenters. The fraction of sp³-hybridized carbons (Fsp3) is 0.200. The number of rotatable bonds is 3. The molecule has 0 atom stereocenters. The van der Waals surface area contributed by atoms with E-state index >= 15 is 0 Å². The second-order valence-electron chi connectivity index (χ2n) is 4.83. The third-order valence-electron chi connectivity index (χ3n) is 3.12. The molecule has 3 rings (SSSR count). The lowest BCUT2D eigenvalue weighted by molar-refractivity contribution is -0.137. The maximum Gasteiger partial charge on any atom is 0.417 e. The lowest BCUT2D eigenvalue weighted by Crippen LogP contribution is -2.15. The second-order valence-corrected chi connectivity index (χ2v) is 5.23. The van der Waals surface area contributed by atoms with Crippen LogP contribution in [-0.4, -0.2) is 24.4 Å². The molecule has 1 aliphatic heterocycles. The predicted octanol–water partition coefficient (Wildman–Crippen LogP) is 3.97. The third-order valence-corrected chi connectivity index (χ3v) is 3.41. The summed E-state index contributed by atoms with van der Waals surface area (Å²) in [5, 5.41) is 3.74. The van der Waals surface area contributed by atoms with Gasteiger partial charge in [0.2, 0.25) is 0 Å². The quantitative estimate of drug-likeness (QED) is 0.667. The number of aromatic nitrogens is 1. The SMILES string of the molecule is FC(F)(F)c1cnc(N/N=C/c2ccc3c(c2)OCCO3)c(Cl)c1. The minimum absolute atomic E-state index is 0.0264. The van der Waals surface area contributed by atoms with E-state index in [4.69, 9.17) is 21.1 Å². The molecule has 1 aromatic heterocycles. The highest BCUT2D eigenvalue weighted by Gasteiger charge is 2.31. The highest BCUT2D eigenvalue weighted by molar-refractivity contribution is 6.32. The standard InChI is InChI=1S/C15H11ClF3N3O2/c16-11-6-10(15(17,18)19)8-20-14(11)22-21-7-9-1-2-12-13(5-9)24-4-3-23-12/h1-2,5-8H,3-4H2,(H,20,22)/b21-7+. The van der Waals surface area contributed by atoms with Gasteiger partial charge in [0.1, 0.15) is 13.2 Å². The maximum absolute atomic E-state index is 12.5. The van der Waals surface area contributed by atoms with Crippen LogP contribution in [0.2, 0.25) is 5.02 Å². The Kier molecular flexibility index (Phi) is 4.48. The van der Waals surface area contributed by atoms with Crippen LogP contribution in [0.15, 0.2) is 35.6 Å². The Morgan fingerprint density at radius 2 is 1.92 bits per heavy atom. The molecule has 9 heteroatoms. The molecule has 0 spiro atoms. The monoisotopic (exact) mass is 357 g/mol. The van der Waals surface area contributed by atoms with Crippen molar-refractivity contribution < 1.29 is 22.6 Å². The summed E-state index contributed by atoms with van der Waals surface area (Å²) >= 11 is 5.78. The smallest absolute Gasteiger partial charge is 0.417 e. The second kappa shape index (κ2) is 6.56. The van der Waals surface area contributed by atoms with Crippen LogP contribution in [0, 0.1) is 0 Å². The van der Waals surface area contributed by atoms with E-state index in [-0.39, 0.29) is 10.8 Å². The molecule has 24 heavy (non-hydrogen) atoms. The van der Waals surface area contributed by atoms with Crippen LogP contribution < -0.4 is 14.9 Å². The summed E-state index contributed by atoms with van der Waals surface area (Å²) in [4.78, 5) is 3.62.